The number of hydrogen-bond acceptors (Lipinski definition) is 4. The van der Waals surface area contributed by atoms with E-state index >= 15 is 0 Å². The molecule has 5 heteroatoms. The number of carbonyl (C=O) groups is 2. The third-order valence-electron chi connectivity index (χ3n) is 3.53. The summed E-state index contributed by atoms with van der Waals surface area (Å²) in [6.07, 6.45) is 0.554. The average Bonchev–Trinajstić information content (AvgIpc) is 2.78. The SMILES string of the molecule is CC/C(=N\N1C(=O)c2ccccc2C1=O)c1ccc(O)cc1. The van der Waals surface area contributed by atoms with Crippen LogP contribution in [0.1, 0.15) is 39.6 Å². The molecule has 2 aromatic carbocycles. The minimum Gasteiger partial charge on any atom is -0.508 e. The first-order valence-electron chi connectivity index (χ1n) is 6.96. The monoisotopic (exact) mass is 294 g/mol. The van der Waals surface area contributed by atoms with Crippen LogP contribution in [-0.4, -0.2) is 27.6 Å². The zero-order valence-corrected chi connectivity index (χ0v) is 12.0. The molecule has 1 aliphatic rings. The Kier molecular flexibility index (Phi) is 3.47. The second kappa shape index (κ2) is 5.44. The number of amides is 2. The number of nitrogens with zero attached hydrogens (tertiary/aromatic N) is 2. The maximum absolute atomic E-state index is 12.3. The quantitative estimate of drug-likeness (QED) is 0.699. The minimum absolute atomic E-state index is 0.153. The smallest absolute Gasteiger partial charge is 0.282 e. The highest BCUT2D eigenvalue weighted by molar-refractivity contribution is 6.21. The van der Waals surface area contributed by atoms with Crippen LogP contribution in [0.15, 0.2) is 53.6 Å². The molecule has 5 nitrogen and oxygen atoms in total. The van der Waals surface area contributed by atoms with Crippen LogP contribution >= 0.6 is 0 Å². The van der Waals surface area contributed by atoms with Crippen LogP contribution in [0.25, 0.3) is 0 Å². The Labute approximate surface area is 127 Å². The fourth-order valence-corrected chi connectivity index (χ4v) is 2.37. The Morgan fingerprint density at radius 3 is 2.05 bits per heavy atom. The number of phenols is 1. The first-order valence-corrected chi connectivity index (χ1v) is 6.96. The normalized spacial score (nSPS) is 14.4. The molecule has 0 fully saturated rings. The number of fused-ring (bicyclic) bond motifs is 1. The van der Waals surface area contributed by atoms with E-state index in [1.165, 1.54) is 0 Å². The van der Waals surface area contributed by atoms with Crippen molar-refractivity contribution in [2.45, 2.75) is 13.3 Å². The minimum atomic E-state index is -0.412. The van der Waals surface area contributed by atoms with Crippen molar-refractivity contribution < 1.29 is 14.7 Å². The number of hydrogen-bond donors (Lipinski definition) is 1. The van der Waals surface area contributed by atoms with Crippen molar-refractivity contribution in [2.75, 3.05) is 0 Å². The highest BCUT2D eigenvalue weighted by atomic mass is 16.3. The fraction of sp³-hybridized carbons (Fsp3) is 0.118. The molecule has 0 unspecified atom stereocenters. The largest absolute Gasteiger partial charge is 0.508 e. The van der Waals surface area contributed by atoms with Crippen LogP contribution in [0, 0.1) is 0 Å². The molecule has 110 valence electrons. The van der Waals surface area contributed by atoms with E-state index in [0.717, 1.165) is 10.6 Å². The molecular weight excluding hydrogens is 280 g/mol. The number of phenolic OH excluding ortho intramolecular Hbond substituents is 1. The van der Waals surface area contributed by atoms with Crippen molar-refractivity contribution in [2.24, 2.45) is 5.10 Å². The molecule has 1 heterocycles. The Morgan fingerprint density at radius 1 is 1.00 bits per heavy atom. The van der Waals surface area contributed by atoms with E-state index in [1.54, 1.807) is 48.5 Å². The van der Waals surface area contributed by atoms with Gasteiger partial charge in [-0.3, -0.25) is 9.59 Å². The summed E-state index contributed by atoms with van der Waals surface area (Å²) in [5, 5.41) is 14.5. The number of rotatable bonds is 3. The summed E-state index contributed by atoms with van der Waals surface area (Å²) in [5.41, 5.74) is 2.11. The maximum Gasteiger partial charge on any atom is 0.282 e. The second-order valence-corrected chi connectivity index (χ2v) is 4.91. The predicted molar refractivity (Wildman–Crippen MR) is 81.9 cm³/mol. The molecule has 3 rings (SSSR count). The number of hydrazone groups is 1. The second-order valence-electron chi connectivity index (χ2n) is 4.91. The molecule has 0 aliphatic carbocycles. The Bertz CT molecular complexity index is 744. The standard InChI is InChI=1S/C17H14N2O3/c1-2-15(11-7-9-12(20)10-8-11)18-19-16(21)13-5-3-4-6-14(13)17(19)22/h3-10,20H,2H2,1H3/b18-15+. The first kappa shape index (κ1) is 14.0. The molecule has 2 aromatic rings. The summed E-state index contributed by atoms with van der Waals surface area (Å²) in [4.78, 5) is 24.6. The molecule has 0 spiro atoms. The third-order valence-corrected chi connectivity index (χ3v) is 3.53. The van der Waals surface area contributed by atoms with Crippen molar-refractivity contribution >= 4 is 17.5 Å². The van der Waals surface area contributed by atoms with E-state index in [9.17, 15) is 14.7 Å². The summed E-state index contributed by atoms with van der Waals surface area (Å²) in [6, 6.07) is 13.2. The molecule has 0 radical (unpaired) electrons. The van der Waals surface area contributed by atoms with E-state index < -0.39 is 11.8 Å². The number of carbonyl (C=O) groups excluding carboxylic acids is 2. The van der Waals surface area contributed by atoms with Gasteiger partial charge in [-0.2, -0.15) is 10.1 Å². The molecule has 0 saturated carbocycles. The van der Waals surface area contributed by atoms with Crippen molar-refractivity contribution in [1.82, 2.24) is 5.01 Å². The van der Waals surface area contributed by atoms with Gasteiger partial charge in [0, 0.05) is 0 Å². The molecule has 1 aliphatic heterocycles. The fourth-order valence-electron chi connectivity index (χ4n) is 2.37. The van der Waals surface area contributed by atoms with Crippen LogP contribution in [0.5, 0.6) is 5.75 Å². The van der Waals surface area contributed by atoms with Gasteiger partial charge in [0.2, 0.25) is 0 Å². The molecule has 1 N–H and O–H groups in total. The van der Waals surface area contributed by atoms with Crippen LogP contribution in [0.4, 0.5) is 0 Å². The zero-order chi connectivity index (χ0) is 15.7. The third kappa shape index (κ3) is 2.26. The van der Waals surface area contributed by atoms with Gasteiger partial charge in [-0.25, -0.2) is 0 Å². The van der Waals surface area contributed by atoms with E-state index in [4.69, 9.17) is 0 Å². The van der Waals surface area contributed by atoms with Gasteiger partial charge in [0.05, 0.1) is 16.8 Å². The van der Waals surface area contributed by atoms with Gasteiger partial charge in [0.1, 0.15) is 5.75 Å². The average molecular weight is 294 g/mol. The summed E-state index contributed by atoms with van der Waals surface area (Å²) in [6.45, 7) is 1.89. The zero-order valence-electron chi connectivity index (χ0n) is 12.0. The topological polar surface area (TPSA) is 70.0 Å². The van der Waals surface area contributed by atoms with Gasteiger partial charge in [-0.05, 0) is 48.4 Å². The molecule has 0 bridgehead atoms. The summed E-state index contributed by atoms with van der Waals surface area (Å²) in [5.74, 6) is -0.671. The maximum atomic E-state index is 12.3. The molecule has 0 saturated heterocycles. The number of imide groups is 1. The van der Waals surface area contributed by atoms with Gasteiger partial charge >= 0.3 is 0 Å². The van der Waals surface area contributed by atoms with Gasteiger partial charge in [-0.15, -0.1) is 0 Å². The lowest BCUT2D eigenvalue weighted by atomic mass is 10.1. The van der Waals surface area contributed by atoms with Gasteiger partial charge in [0.25, 0.3) is 11.8 Å². The summed E-state index contributed by atoms with van der Waals surface area (Å²) in [7, 11) is 0. The Balaban J connectivity index is 1.99. The van der Waals surface area contributed by atoms with Crippen LogP contribution in [-0.2, 0) is 0 Å². The van der Waals surface area contributed by atoms with E-state index in [1.807, 2.05) is 6.92 Å². The van der Waals surface area contributed by atoms with Gasteiger partial charge in [-0.1, -0.05) is 19.1 Å². The van der Waals surface area contributed by atoms with Crippen LogP contribution < -0.4 is 0 Å². The van der Waals surface area contributed by atoms with Crippen molar-refractivity contribution in [3.05, 3.63) is 65.2 Å². The van der Waals surface area contributed by atoms with E-state index in [2.05, 4.69) is 5.10 Å². The number of aromatic hydroxyl groups is 1. The van der Waals surface area contributed by atoms with Gasteiger partial charge in [0.15, 0.2) is 0 Å². The van der Waals surface area contributed by atoms with Gasteiger partial charge < -0.3 is 5.11 Å². The van der Waals surface area contributed by atoms with E-state index in [0.29, 0.717) is 23.3 Å². The number of benzene rings is 2. The lowest BCUT2D eigenvalue weighted by Gasteiger charge is -2.10. The van der Waals surface area contributed by atoms with Crippen LogP contribution in [0.2, 0.25) is 0 Å². The van der Waals surface area contributed by atoms with Crippen LogP contribution in [0.3, 0.4) is 0 Å². The Morgan fingerprint density at radius 2 is 1.55 bits per heavy atom. The lowest BCUT2D eigenvalue weighted by molar-refractivity contribution is 0.0658. The molecular formula is C17H14N2O3. The van der Waals surface area contributed by atoms with Crippen molar-refractivity contribution in [3.8, 4) is 5.75 Å². The van der Waals surface area contributed by atoms with Crippen molar-refractivity contribution in [1.29, 1.82) is 0 Å². The highest BCUT2D eigenvalue weighted by Gasteiger charge is 2.35. The molecule has 0 aromatic heterocycles. The summed E-state index contributed by atoms with van der Waals surface area (Å²) >= 11 is 0. The Hall–Kier alpha value is -2.95. The molecule has 0 atom stereocenters. The molecule has 22 heavy (non-hydrogen) atoms. The van der Waals surface area contributed by atoms with E-state index in [-0.39, 0.29) is 5.75 Å². The molecule has 2 amide bonds. The highest BCUT2D eigenvalue weighted by Crippen LogP contribution is 2.23. The van der Waals surface area contributed by atoms with Crippen molar-refractivity contribution in [3.63, 3.8) is 0 Å². The summed E-state index contributed by atoms with van der Waals surface area (Å²) < 4.78 is 0. The predicted octanol–water partition coefficient (Wildman–Crippen LogP) is 2.80. The first-order chi connectivity index (χ1) is 10.6. The lowest BCUT2D eigenvalue weighted by Crippen LogP contribution is -2.25.